The highest BCUT2D eigenvalue weighted by Crippen LogP contribution is 2.48. The molecule has 8 N–H and O–H groups in total. The van der Waals surface area contributed by atoms with Crippen molar-refractivity contribution in [3.63, 3.8) is 0 Å². The second-order valence-corrected chi connectivity index (χ2v) is 7.65. The van der Waals surface area contributed by atoms with E-state index in [1.807, 2.05) is 0 Å². The molecule has 162 valence electrons. The van der Waals surface area contributed by atoms with E-state index >= 15 is 0 Å². The summed E-state index contributed by atoms with van der Waals surface area (Å²) in [6.45, 7) is -4.19. The Kier molecular flexibility index (Phi) is 5.78. The Morgan fingerprint density at radius 1 is 1.04 bits per heavy atom. The number of carbonyl (C=O) groups is 2. The van der Waals surface area contributed by atoms with E-state index in [1.165, 1.54) is 0 Å². The molecule has 16 heteroatoms. The average Bonchev–Trinajstić information content (AvgIpc) is 2.63. The number of esters is 2. The fourth-order valence-corrected chi connectivity index (χ4v) is 3.95. The van der Waals surface area contributed by atoms with Crippen molar-refractivity contribution in [1.82, 2.24) is 0 Å². The Balaban J connectivity index is 2.78. The van der Waals surface area contributed by atoms with Gasteiger partial charge in [0.15, 0.2) is 0 Å². The van der Waals surface area contributed by atoms with E-state index in [1.54, 1.807) is 0 Å². The van der Waals surface area contributed by atoms with Crippen LogP contribution in [-0.4, -0.2) is 121 Å². The molecule has 2 rings (SSSR count). The van der Waals surface area contributed by atoms with Crippen LogP contribution in [0.15, 0.2) is 0 Å². The Morgan fingerprint density at radius 3 is 2.04 bits per heavy atom. The third-order valence-electron chi connectivity index (χ3n) is 4.54. The van der Waals surface area contributed by atoms with Gasteiger partial charge in [-0.2, -0.15) is 8.42 Å². The highest BCUT2D eigenvalue weighted by Gasteiger charge is 2.82. The highest BCUT2D eigenvalue weighted by atomic mass is 32.2. The Morgan fingerprint density at radius 2 is 1.61 bits per heavy atom. The van der Waals surface area contributed by atoms with Crippen LogP contribution in [0.1, 0.15) is 0 Å². The van der Waals surface area contributed by atoms with Crippen LogP contribution in [0.5, 0.6) is 0 Å². The minimum atomic E-state index is -6.07. The number of carbonyl (C=O) groups excluding carboxylic acids is 2. The fourth-order valence-electron chi connectivity index (χ4n) is 2.94. The van der Waals surface area contributed by atoms with Crippen LogP contribution in [0.3, 0.4) is 0 Å². The number of aliphatic hydroxyl groups is 7. The van der Waals surface area contributed by atoms with Crippen LogP contribution in [0.4, 0.5) is 0 Å². The predicted molar refractivity (Wildman–Crippen MR) is 78.3 cm³/mol. The molecule has 28 heavy (non-hydrogen) atoms. The molecule has 0 amide bonds. The SMILES string of the molecule is O=C1OC(CO)([C@@]2(O)O[C@H](CO)[C@H](O)[C@H](O)[C@@]2(O)S(=O)(=O)O)C(=O)OC1CO. The van der Waals surface area contributed by atoms with Crippen LogP contribution in [-0.2, 0) is 33.9 Å². The summed E-state index contributed by atoms with van der Waals surface area (Å²) in [6, 6.07) is 0. The average molecular weight is 434 g/mol. The standard InChI is InChI=1S/C12H18O15S/c13-1-4-6(16)7(17)11(20,28(22,23)24)12(21,26-4)10(3-15)9(19)25-5(2-14)8(18)27-10/h4-7,13-17,20-21H,1-3H2,(H,22,23,24)/t4-,5?,6+,7+,10?,11-,12-/m1/s1. The van der Waals surface area contributed by atoms with Gasteiger partial charge in [-0.1, -0.05) is 0 Å². The number of cyclic esters (lactones) is 2. The minimum Gasteiger partial charge on any atom is -0.445 e. The molecule has 2 heterocycles. The molecule has 0 bridgehead atoms. The zero-order valence-corrected chi connectivity index (χ0v) is 14.6. The summed E-state index contributed by atoms with van der Waals surface area (Å²) in [5, 5.41) is 69.0. The molecular formula is C12H18O15S. The third kappa shape index (κ3) is 2.73. The minimum absolute atomic E-state index is 1.12. The first-order chi connectivity index (χ1) is 12.8. The molecule has 0 radical (unpaired) electrons. The van der Waals surface area contributed by atoms with Gasteiger partial charge in [0.25, 0.3) is 16.3 Å². The highest BCUT2D eigenvalue weighted by molar-refractivity contribution is 7.87. The monoisotopic (exact) mass is 434 g/mol. The van der Waals surface area contributed by atoms with Gasteiger partial charge < -0.3 is 50.0 Å². The molecule has 2 aliphatic rings. The first-order valence-corrected chi connectivity index (χ1v) is 8.93. The molecule has 2 fully saturated rings. The lowest BCUT2D eigenvalue weighted by Crippen LogP contribution is -2.85. The van der Waals surface area contributed by atoms with Crippen molar-refractivity contribution >= 4 is 22.1 Å². The summed E-state index contributed by atoms with van der Waals surface area (Å²) < 4.78 is 46.7. The smallest absolute Gasteiger partial charge is 0.360 e. The van der Waals surface area contributed by atoms with Gasteiger partial charge in [-0.3, -0.25) is 4.55 Å². The zero-order valence-electron chi connectivity index (χ0n) is 13.8. The van der Waals surface area contributed by atoms with Crippen LogP contribution >= 0.6 is 0 Å². The second-order valence-electron chi connectivity index (χ2n) is 6.07. The molecule has 0 saturated carbocycles. The van der Waals surface area contributed by atoms with Crippen LogP contribution in [0.2, 0.25) is 0 Å². The number of aliphatic hydroxyl groups excluding tert-OH is 5. The summed E-state index contributed by atoms with van der Waals surface area (Å²) in [7, 11) is -6.07. The van der Waals surface area contributed by atoms with E-state index in [4.69, 9.17) is 5.11 Å². The van der Waals surface area contributed by atoms with Gasteiger partial charge in [0.05, 0.1) is 19.8 Å². The molecule has 2 unspecified atom stereocenters. The summed E-state index contributed by atoms with van der Waals surface area (Å²) in [6.07, 6.45) is -9.56. The van der Waals surface area contributed by atoms with Crippen molar-refractivity contribution in [2.75, 3.05) is 19.8 Å². The molecule has 2 saturated heterocycles. The lowest BCUT2D eigenvalue weighted by Gasteiger charge is -2.56. The quantitative estimate of drug-likeness (QED) is 0.148. The van der Waals surface area contributed by atoms with E-state index in [2.05, 4.69) is 14.2 Å². The fraction of sp³-hybridized carbons (Fsp3) is 0.833. The van der Waals surface area contributed by atoms with Gasteiger partial charge >= 0.3 is 22.1 Å². The number of hydrogen-bond donors (Lipinski definition) is 8. The van der Waals surface area contributed by atoms with E-state index in [-0.39, 0.29) is 0 Å². The van der Waals surface area contributed by atoms with Gasteiger partial charge in [-0.25, -0.2) is 9.59 Å². The Labute approximate surface area is 156 Å². The molecule has 0 aromatic carbocycles. The lowest BCUT2D eigenvalue weighted by molar-refractivity contribution is -0.414. The molecule has 15 nitrogen and oxygen atoms in total. The molecule has 2 aliphatic heterocycles. The maximum absolute atomic E-state index is 12.4. The molecule has 0 spiro atoms. The van der Waals surface area contributed by atoms with Crippen LogP contribution in [0, 0.1) is 0 Å². The Hall–Kier alpha value is -1.47. The van der Waals surface area contributed by atoms with E-state index in [0.717, 1.165) is 0 Å². The summed E-state index contributed by atoms with van der Waals surface area (Å²) in [5.74, 6) is -7.79. The molecule has 0 aromatic heterocycles. The molecular weight excluding hydrogens is 416 g/mol. The van der Waals surface area contributed by atoms with Gasteiger partial charge in [-0.15, -0.1) is 0 Å². The van der Waals surface area contributed by atoms with Crippen molar-refractivity contribution < 1.29 is 72.5 Å². The van der Waals surface area contributed by atoms with Crippen molar-refractivity contribution in [2.45, 2.75) is 40.7 Å². The lowest BCUT2D eigenvalue weighted by atomic mass is 9.80. The first-order valence-electron chi connectivity index (χ1n) is 7.49. The third-order valence-corrected chi connectivity index (χ3v) is 5.84. The summed E-state index contributed by atoms with van der Waals surface area (Å²) in [5.41, 5.74) is -3.63. The maximum Gasteiger partial charge on any atom is 0.360 e. The van der Waals surface area contributed by atoms with Gasteiger partial charge in [0.1, 0.15) is 18.3 Å². The van der Waals surface area contributed by atoms with Crippen molar-refractivity contribution in [1.29, 1.82) is 0 Å². The van der Waals surface area contributed by atoms with Crippen molar-refractivity contribution in [2.24, 2.45) is 0 Å². The first kappa shape index (κ1) is 22.8. The van der Waals surface area contributed by atoms with Crippen molar-refractivity contribution in [3.05, 3.63) is 0 Å². The van der Waals surface area contributed by atoms with Crippen LogP contribution < -0.4 is 0 Å². The number of hydrogen-bond acceptors (Lipinski definition) is 14. The summed E-state index contributed by atoms with van der Waals surface area (Å²) >= 11 is 0. The zero-order chi connectivity index (χ0) is 21.7. The molecule has 0 aromatic rings. The largest absolute Gasteiger partial charge is 0.445 e. The topological polar surface area (TPSA) is 258 Å². The van der Waals surface area contributed by atoms with E-state index < -0.39 is 82.6 Å². The molecule has 0 aliphatic carbocycles. The van der Waals surface area contributed by atoms with Gasteiger partial charge in [0.2, 0.25) is 6.10 Å². The normalized spacial score (nSPS) is 44.7. The number of rotatable bonds is 5. The Bertz CT molecular complexity index is 752. The van der Waals surface area contributed by atoms with Gasteiger partial charge in [-0.05, 0) is 0 Å². The van der Waals surface area contributed by atoms with E-state index in [9.17, 15) is 53.2 Å². The predicted octanol–water partition coefficient (Wildman–Crippen LogP) is -6.44. The number of ether oxygens (including phenoxy) is 3. The van der Waals surface area contributed by atoms with Crippen LogP contribution in [0.25, 0.3) is 0 Å². The van der Waals surface area contributed by atoms with Gasteiger partial charge in [0, 0.05) is 0 Å². The maximum atomic E-state index is 12.4. The van der Waals surface area contributed by atoms with E-state index in [0.29, 0.717) is 0 Å². The summed E-state index contributed by atoms with van der Waals surface area (Å²) in [4.78, 5) is 19.9. The molecule has 7 atom stereocenters. The van der Waals surface area contributed by atoms with Crippen molar-refractivity contribution in [3.8, 4) is 0 Å². The second kappa shape index (κ2) is 7.10.